The number of rotatable bonds is 10. The molecule has 6 rings (SSSR count). The molecular formula is C34H37BN2O7. The van der Waals surface area contributed by atoms with Gasteiger partial charge in [0.1, 0.15) is 18.1 Å². The van der Waals surface area contributed by atoms with Crippen LogP contribution in [-0.2, 0) is 25.6 Å². The molecular weight excluding hydrogens is 559 g/mol. The summed E-state index contributed by atoms with van der Waals surface area (Å²) in [5, 5.41) is 23.4. The maximum atomic E-state index is 14.0. The topological polar surface area (TPSA) is 121 Å². The summed E-state index contributed by atoms with van der Waals surface area (Å²) in [6.07, 6.45) is 3.43. The van der Waals surface area contributed by atoms with Gasteiger partial charge in [-0.05, 0) is 104 Å². The fourth-order valence-electron chi connectivity index (χ4n) is 6.94. The molecule has 9 nitrogen and oxygen atoms in total. The van der Waals surface area contributed by atoms with Gasteiger partial charge in [-0.2, -0.15) is 0 Å². The van der Waals surface area contributed by atoms with E-state index in [1.807, 2.05) is 61.5 Å². The normalized spacial score (nSPS) is 23.7. The number of hydrogen-bond acceptors (Lipinski definition) is 8. The minimum Gasteiger partial charge on any atom is -0.459 e. The first kappa shape index (κ1) is 30.1. The number of anilines is 3. The quantitative estimate of drug-likeness (QED) is 0.163. The van der Waals surface area contributed by atoms with Crippen molar-refractivity contribution in [2.45, 2.75) is 45.2 Å². The van der Waals surface area contributed by atoms with Crippen LogP contribution in [0.2, 0.25) is 6.32 Å². The Balaban J connectivity index is 1.22. The molecule has 2 aromatic carbocycles. The first-order valence-corrected chi connectivity index (χ1v) is 15.1. The van der Waals surface area contributed by atoms with Crippen molar-refractivity contribution in [2.24, 2.45) is 17.8 Å². The van der Waals surface area contributed by atoms with Crippen LogP contribution in [-0.4, -0.2) is 48.9 Å². The molecule has 44 heavy (non-hydrogen) atoms. The highest BCUT2D eigenvalue weighted by Gasteiger charge is 2.57. The number of imide groups is 1. The minimum absolute atomic E-state index is 0.157. The average molecular weight is 596 g/mol. The van der Waals surface area contributed by atoms with Gasteiger partial charge in [-0.25, -0.2) is 0 Å². The average Bonchev–Trinajstić information content (AvgIpc) is 3.58. The van der Waals surface area contributed by atoms with Gasteiger partial charge in [0.15, 0.2) is 0 Å². The maximum absolute atomic E-state index is 14.0. The van der Waals surface area contributed by atoms with E-state index >= 15 is 0 Å². The number of carbonyl (C=O) groups excluding carboxylic acids is 2. The van der Waals surface area contributed by atoms with Gasteiger partial charge in [0.05, 0.1) is 30.2 Å². The van der Waals surface area contributed by atoms with Gasteiger partial charge in [-0.15, -0.1) is 0 Å². The Bertz CT molecular complexity index is 1570. The molecule has 2 aliphatic heterocycles. The van der Waals surface area contributed by atoms with Crippen LogP contribution in [0.5, 0.6) is 0 Å². The van der Waals surface area contributed by atoms with Gasteiger partial charge in [0, 0.05) is 18.5 Å². The first-order chi connectivity index (χ1) is 21.4. The predicted octanol–water partition coefficient (Wildman–Crippen LogP) is 5.35. The third-order valence-corrected chi connectivity index (χ3v) is 8.84. The number of methoxy groups -OCH3 is 1. The van der Waals surface area contributed by atoms with Crippen LogP contribution < -0.4 is 10.2 Å². The molecule has 2 saturated heterocycles. The van der Waals surface area contributed by atoms with Gasteiger partial charge in [-0.3, -0.25) is 14.5 Å². The Morgan fingerprint density at radius 3 is 2.50 bits per heavy atom. The summed E-state index contributed by atoms with van der Waals surface area (Å²) >= 11 is 0. The third kappa shape index (κ3) is 6.03. The number of nitrogens with one attached hydrogen (secondary N) is 1. The fourth-order valence-corrected chi connectivity index (χ4v) is 6.94. The highest BCUT2D eigenvalue weighted by atomic mass is 16.5. The number of hydrogen-bond donors (Lipinski definition) is 3. The van der Waals surface area contributed by atoms with Crippen molar-refractivity contribution in [3.63, 3.8) is 0 Å². The number of ether oxygens (including phenoxy) is 1. The summed E-state index contributed by atoms with van der Waals surface area (Å²) in [6, 6.07) is 20.6. The molecule has 10 heteroatoms. The summed E-state index contributed by atoms with van der Waals surface area (Å²) in [7, 11) is 0.580. The number of carbonyl (C=O) groups is 2. The second-order valence-corrected chi connectivity index (χ2v) is 11.8. The van der Waals surface area contributed by atoms with E-state index in [9.17, 15) is 19.7 Å². The van der Waals surface area contributed by atoms with Crippen LogP contribution >= 0.6 is 0 Å². The molecule has 3 N–H and O–H groups in total. The van der Waals surface area contributed by atoms with Crippen molar-refractivity contribution in [1.29, 1.82) is 0 Å². The predicted molar refractivity (Wildman–Crippen MR) is 168 cm³/mol. The first-order valence-electron chi connectivity index (χ1n) is 15.1. The summed E-state index contributed by atoms with van der Waals surface area (Å²) in [6.45, 7) is 2.17. The Morgan fingerprint density at radius 2 is 1.80 bits per heavy atom. The number of benzene rings is 2. The number of amides is 2. The summed E-state index contributed by atoms with van der Waals surface area (Å²) < 4.78 is 17.2. The van der Waals surface area contributed by atoms with Gasteiger partial charge >= 0.3 is 7.12 Å². The van der Waals surface area contributed by atoms with E-state index in [2.05, 4.69) is 5.32 Å². The number of aliphatic hydroxyl groups excluding tert-OH is 1. The Kier molecular flexibility index (Phi) is 8.86. The zero-order valence-corrected chi connectivity index (χ0v) is 24.9. The van der Waals surface area contributed by atoms with Crippen LogP contribution in [0.25, 0.3) is 6.08 Å². The number of para-hydroxylation sites is 1. The zero-order chi connectivity index (χ0) is 30.8. The largest absolute Gasteiger partial charge is 0.459 e. The zero-order valence-electron chi connectivity index (χ0n) is 24.9. The van der Waals surface area contributed by atoms with Crippen LogP contribution in [0.4, 0.5) is 17.1 Å². The van der Waals surface area contributed by atoms with Crippen molar-refractivity contribution in [3.05, 3.63) is 95.0 Å². The second-order valence-electron chi connectivity index (χ2n) is 11.8. The monoisotopic (exact) mass is 596 g/mol. The van der Waals surface area contributed by atoms with Crippen LogP contribution in [0.1, 0.15) is 37.7 Å². The lowest BCUT2D eigenvalue weighted by molar-refractivity contribution is -0.122. The highest BCUT2D eigenvalue weighted by molar-refractivity contribution is 6.43. The van der Waals surface area contributed by atoms with Gasteiger partial charge in [0.2, 0.25) is 11.8 Å². The second kappa shape index (κ2) is 13.0. The highest BCUT2D eigenvalue weighted by Crippen LogP contribution is 2.51. The number of aliphatic hydroxyl groups is 1. The van der Waals surface area contributed by atoms with Crippen molar-refractivity contribution in [1.82, 2.24) is 0 Å². The van der Waals surface area contributed by atoms with Crippen molar-refractivity contribution in [3.8, 4) is 0 Å². The SMILES string of the molecule is COCC1=C2[C@@H](CC/C(C)=C/c3ccc(CO)o3)OB(O)C[C@@H]2[C@@H]2C(=O)N(c3ccc(Nc4ccccc4)cc3)C(=O)[C@@H]2C1. The van der Waals surface area contributed by atoms with Crippen molar-refractivity contribution >= 4 is 42.1 Å². The van der Waals surface area contributed by atoms with E-state index in [0.717, 1.165) is 28.1 Å². The fraction of sp³-hybridized carbons (Fsp3) is 0.353. The van der Waals surface area contributed by atoms with Crippen molar-refractivity contribution < 1.29 is 33.5 Å². The molecule has 2 fully saturated rings. The lowest BCUT2D eigenvalue weighted by Gasteiger charge is -2.43. The van der Waals surface area contributed by atoms with E-state index in [1.165, 1.54) is 4.90 Å². The van der Waals surface area contributed by atoms with Gasteiger partial charge < -0.3 is 29.3 Å². The number of furan rings is 1. The lowest BCUT2D eigenvalue weighted by atomic mass is 9.58. The van der Waals surface area contributed by atoms with E-state index in [4.69, 9.17) is 13.8 Å². The molecule has 1 aliphatic carbocycles. The maximum Gasteiger partial charge on any atom is 0.455 e. The van der Waals surface area contributed by atoms with Crippen LogP contribution in [0, 0.1) is 17.8 Å². The molecule has 0 saturated carbocycles. The molecule has 3 heterocycles. The number of nitrogens with zero attached hydrogens (tertiary/aromatic N) is 1. The molecule has 1 aromatic heterocycles. The van der Waals surface area contributed by atoms with Crippen molar-refractivity contribution in [2.75, 3.05) is 23.9 Å². The van der Waals surface area contributed by atoms with Crippen LogP contribution in [0.3, 0.4) is 0 Å². The Labute approximate surface area is 257 Å². The summed E-state index contributed by atoms with van der Waals surface area (Å²) in [5.74, 6) is -0.699. The lowest BCUT2D eigenvalue weighted by Crippen LogP contribution is -2.46. The molecule has 3 aromatic rings. The van der Waals surface area contributed by atoms with E-state index in [1.54, 1.807) is 25.3 Å². The number of fused-ring (bicyclic) bond motifs is 3. The molecule has 228 valence electrons. The van der Waals surface area contributed by atoms with Gasteiger partial charge in [-0.1, -0.05) is 23.8 Å². The number of allylic oxidation sites excluding steroid dienone is 1. The Morgan fingerprint density at radius 1 is 1.05 bits per heavy atom. The minimum atomic E-state index is -1.04. The Hall–Kier alpha value is -3.96. The van der Waals surface area contributed by atoms with E-state index < -0.39 is 25.1 Å². The molecule has 0 unspecified atom stereocenters. The summed E-state index contributed by atoms with van der Waals surface area (Å²) in [4.78, 5) is 29.2. The van der Waals surface area contributed by atoms with Gasteiger partial charge in [0.25, 0.3) is 0 Å². The molecule has 3 aliphatic rings. The van der Waals surface area contributed by atoms with E-state index in [0.29, 0.717) is 43.1 Å². The molecule has 0 spiro atoms. The third-order valence-electron chi connectivity index (χ3n) is 8.84. The molecule has 4 atom stereocenters. The summed E-state index contributed by atoms with van der Waals surface area (Å²) in [5.41, 5.74) is 5.34. The molecule has 2 amide bonds. The van der Waals surface area contributed by atoms with E-state index in [-0.39, 0.29) is 30.7 Å². The standard InChI is InChI=1S/C34H37BN2O7/c1-21(16-26-13-14-27(19-38)43-26)8-15-30-31-22(20-42-2)17-28-32(29(31)18-35(41)44-30)34(40)37(33(28)39)25-11-9-24(10-12-25)36-23-6-4-3-5-7-23/h3-7,9-14,16,28-30,32,36,38,41H,8,15,17-20H2,1-2H3/b21-16+/t28-,29+,30-,32-/m1/s1. The molecule has 0 radical (unpaired) electrons. The van der Waals surface area contributed by atoms with Crippen LogP contribution in [0.15, 0.2) is 87.9 Å². The molecule has 0 bridgehead atoms. The smallest absolute Gasteiger partial charge is 0.455 e.